The van der Waals surface area contributed by atoms with Gasteiger partial charge >= 0.3 is 0 Å². The highest BCUT2D eigenvalue weighted by Crippen LogP contribution is 2.13. The number of carbonyl (C=O) groups excluding carboxylic acids is 1. The Labute approximate surface area is 132 Å². The van der Waals surface area contributed by atoms with Gasteiger partial charge in [-0.3, -0.25) is 9.69 Å². The van der Waals surface area contributed by atoms with Gasteiger partial charge in [0, 0.05) is 46.3 Å². The molecule has 1 aromatic rings. The first-order chi connectivity index (χ1) is 10.7. The zero-order valence-electron chi connectivity index (χ0n) is 13.6. The molecule has 0 aromatic heterocycles. The van der Waals surface area contributed by atoms with Crippen molar-refractivity contribution >= 4 is 5.91 Å². The number of hydrogen-bond acceptors (Lipinski definition) is 4. The summed E-state index contributed by atoms with van der Waals surface area (Å²) in [5, 5.41) is 0. The van der Waals surface area contributed by atoms with Gasteiger partial charge in [0.2, 0.25) is 5.91 Å². The van der Waals surface area contributed by atoms with Crippen LogP contribution in [0.5, 0.6) is 5.75 Å². The minimum absolute atomic E-state index is 0.252. The Morgan fingerprint density at radius 2 is 1.77 bits per heavy atom. The van der Waals surface area contributed by atoms with E-state index in [0.717, 1.165) is 51.5 Å². The standard InChI is InChI=1S/C17H26N2O3/c1-21-14-13-18-9-11-19(12-10-18)17(20)8-5-15-3-6-16(22-2)7-4-15/h3-4,6-7H,5,8-14H2,1-2H3. The third-order valence-corrected chi connectivity index (χ3v) is 4.12. The summed E-state index contributed by atoms with van der Waals surface area (Å²) in [7, 11) is 3.38. The highest BCUT2D eigenvalue weighted by Gasteiger charge is 2.20. The first-order valence-electron chi connectivity index (χ1n) is 7.85. The molecule has 122 valence electrons. The molecule has 1 amide bonds. The van der Waals surface area contributed by atoms with Crippen LogP contribution in [0, 0.1) is 0 Å². The molecule has 5 nitrogen and oxygen atoms in total. The lowest BCUT2D eigenvalue weighted by atomic mass is 10.1. The molecule has 1 aliphatic rings. The third kappa shape index (κ3) is 5.00. The number of hydrogen-bond donors (Lipinski definition) is 0. The molecule has 0 unspecified atom stereocenters. The van der Waals surface area contributed by atoms with Crippen molar-refractivity contribution < 1.29 is 14.3 Å². The summed E-state index contributed by atoms with van der Waals surface area (Å²) in [6.07, 6.45) is 1.36. The van der Waals surface area contributed by atoms with E-state index in [0.29, 0.717) is 6.42 Å². The maximum Gasteiger partial charge on any atom is 0.222 e. The molecule has 0 bridgehead atoms. The first-order valence-corrected chi connectivity index (χ1v) is 7.85. The van der Waals surface area contributed by atoms with Crippen LogP contribution in [-0.4, -0.2) is 69.3 Å². The molecule has 22 heavy (non-hydrogen) atoms. The lowest BCUT2D eigenvalue weighted by Gasteiger charge is -2.34. The number of rotatable bonds is 7. The topological polar surface area (TPSA) is 42.0 Å². The summed E-state index contributed by atoms with van der Waals surface area (Å²) in [6.45, 7) is 5.24. The van der Waals surface area contributed by atoms with Crippen molar-refractivity contribution in [1.29, 1.82) is 0 Å². The molecule has 0 spiro atoms. The Balaban J connectivity index is 1.71. The summed E-state index contributed by atoms with van der Waals surface area (Å²) < 4.78 is 10.2. The Kier molecular flexibility index (Phi) is 6.68. The highest BCUT2D eigenvalue weighted by atomic mass is 16.5. The predicted octanol–water partition coefficient (Wildman–Crippen LogP) is 1.42. The number of methoxy groups -OCH3 is 2. The van der Waals surface area contributed by atoms with Crippen LogP contribution in [0.4, 0.5) is 0 Å². The van der Waals surface area contributed by atoms with Crippen molar-refractivity contribution in [2.45, 2.75) is 12.8 Å². The number of aryl methyl sites for hydroxylation is 1. The fraction of sp³-hybridized carbons (Fsp3) is 0.588. The Hall–Kier alpha value is -1.59. The van der Waals surface area contributed by atoms with Crippen LogP contribution in [0.3, 0.4) is 0 Å². The van der Waals surface area contributed by atoms with Crippen LogP contribution in [0.25, 0.3) is 0 Å². The summed E-state index contributed by atoms with van der Waals surface area (Å²) in [5.74, 6) is 1.10. The summed E-state index contributed by atoms with van der Waals surface area (Å²) >= 11 is 0. The van der Waals surface area contributed by atoms with Crippen LogP contribution in [0.2, 0.25) is 0 Å². The lowest BCUT2D eigenvalue weighted by molar-refractivity contribution is -0.132. The second kappa shape index (κ2) is 8.76. The molecule has 0 N–H and O–H groups in total. The van der Waals surface area contributed by atoms with Crippen LogP contribution >= 0.6 is 0 Å². The summed E-state index contributed by atoms with van der Waals surface area (Å²) in [6, 6.07) is 7.92. The van der Waals surface area contributed by atoms with E-state index in [1.54, 1.807) is 14.2 Å². The fourth-order valence-electron chi connectivity index (χ4n) is 2.64. The minimum atomic E-state index is 0.252. The van der Waals surface area contributed by atoms with Crippen molar-refractivity contribution in [1.82, 2.24) is 9.80 Å². The van der Waals surface area contributed by atoms with E-state index in [-0.39, 0.29) is 5.91 Å². The highest BCUT2D eigenvalue weighted by molar-refractivity contribution is 5.76. The molecule has 1 saturated heterocycles. The molecule has 0 atom stereocenters. The van der Waals surface area contributed by atoms with E-state index >= 15 is 0 Å². The summed E-state index contributed by atoms with van der Waals surface area (Å²) in [5.41, 5.74) is 1.17. The van der Waals surface area contributed by atoms with Crippen molar-refractivity contribution in [3.05, 3.63) is 29.8 Å². The summed E-state index contributed by atoms with van der Waals surface area (Å²) in [4.78, 5) is 16.6. The zero-order valence-corrected chi connectivity index (χ0v) is 13.6. The molecular formula is C17H26N2O3. The average Bonchev–Trinajstić information content (AvgIpc) is 2.58. The first kappa shape index (κ1) is 16.8. The zero-order chi connectivity index (χ0) is 15.8. The van der Waals surface area contributed by atoms with Crippen molar-refractivity contribution in [3.63, 3.8) is 0 Å². The monoisotopic (exact) mass is 306 g/mol. The quantitative estimate of drug-likeness (QED) is 0.764. The smallest absolute Gasteiger partial charge is 0.222 e. The maximum atomic E-state index is 12.3. The second-order valence-electron chi connectivity index (χ2n) is 5.56. The van der Waals surface area contributed by atoms with Gasteiger partial charge < -0.3 is 14.4 Å². The Morgan fingerprint density at radius 3 is 2.36 bits per heavy atom. The predicted molar refractivity (Wildman–Crippen MR) is 86.2 cm³/mol. The van der Waals surface area contributed by atoms with Crippen molar-refractivity contribution in [3.8, 4) is 5.75 Å². The van der Waals surface area contributed by atoms with Gasteiger partial charge in [-0.15, -0.1) is 0 Å². The van der Waals surface area contributed by atoms with Gasteiger partial charge in [0.1, 0.15) is 5.75 Å². The minimum Gasteiger partial charge on any atom is -0.497 e. The van der Waals surface area contributed by atoms with E-state index in [4.69, 9.17) is 9.47 Å². The molecule has 0 radical (unpaired) electrons. The van der Waals surface area contributed by atoms with Crippen LogP contribution in [0.1, 0.15) is 12.0 Å². The molecule has 1 aromatic carbocycles. The number of amides is 1. The Morgan fingerprint density at radius 1 is 1.09 bits per heavy atom. The van der Waals surface area contributed by atoms with Gasteiger partial charge in [0.15, 0.2) is 0 Å². The van der Waals surface area contributed by atoms with Gasteiger partial charge in [-0.05, 0) is 24.1 Å². The van der Waals surface area contributed by atoms with E-state index in [9.17, 15) is 4.79 Å². The van der Waals surface area contributed by atoms with Crippen molar-refractivity contribution in [2.75, 3.05) is 53.6 Å². The molecule has 0 saturated carbocycles. The maximum absolute atomic E-state index is 12.3. The molecule has 1 fully saturated rings. The fourth-order valence-corrected chi connectivity index (χ4v) is 2.64. The van der Waals surface area contributed by atoms with Crippen LogP contribution < -0.4 is 4.74 Å². The van der Waals surface area contributed by atoms with E-state index in [1.165, 1.54) is 5.56 Å². The number of piperazine rings is 1. The number of ether oxygens (including phenoxy) is 2. The van der Waals surface area contributed by atoms with Crippen LogP contribution in [-0.2, 0) is 16.0 Å². The average molecular weight is 306 g/mol. The third-order valence-electron chi connectivity index (χ3n) is 4.12. The van der Waals surface area contributed by atoms with Gasteiger partial charge in [-0.1, -0.05) is 12.1 Å². The van der Waals surface area contributed by atoms with E-state index in [2.05, 4.69) is 4.90 Å². The van der Waals surface area contributed by atoms with Gasteiger partial charge in [-0.2, -0.15) is 0 Å². The molecule has 1 heterocycles. The SMILES string of the molecule is COCCN1CCN(C(=O)CCc2ccc(OC)cc2)CC1. The number of benzene rings is 1. The van der Waals surface area contributed by atoms with E-state index in [1.807, 2.05) is 29.2 Å². The molecule has 1 aliphatic heterocycles. The molecule has 5 heteroatoms. The Bertz CT molecular complexity index is 453. The molecule has 2 rings (SSSR count). The molecular weight excluding hydrogens is 280 g/mol. The normalized spacial score (nSPS) is 15.8. The van der Waals surface area contributed by atoms with Crippen molar-refractivity contribution in [2.24, 2.45) is 0 Å². The second-order valence-corrected chi connectivity index (χ2v) is 5.56. The van der Waals surface area contributed by atoms with Crippen LogP contribution in [0.15, 0.2) is 24.3 Å². The largest absolute Gasteiger partial charge is 0.497 e. The number of nitrogens with zero attached hydrogens (tertiary/aromatic N) is 2. The lowest BCUT2D eigenvalue weighted by Crippen LogP contribution is -2.49. The molecule has 0 aliphatic carbocycles. The van der Waals surface area contributed by atoms with Gasteiger partial charge in [0.05, 0.1) is 13.7 Å². The van der Waals surface area contributed by atoms with E-state index < -0.39 is 0 Å². The van der Waals surface area contributed by atoms with Gasteiger partial charge in [-0.25, -0.2) is 0 Å². The number of carbonyl (C=O) groups is 1. The van der Waals surface area contributed by atoms with Gasteiger partial charge in [0.25, 0.3) is 0 Å².